The Bertz CT molecular complexity index is 1020. The first-order chi connectivity index (χ1) is 15.2. The molecule has 1 aromatic heterocycles. The number of carbonyl (C=O) groups excluding carboxylic acids is 1. The number of alkyl halides is 3. The lowest BCUT2D eigenvalue weighted by atomic mass is 9.74. The molecule has 1 unspecified atom stereocenters. The first-order valence-corrected chi connectivity index (χ1v) is 11.6. The van der Waals surface area contributed by atoms with Gasteiger partial charge in [-0.1, -0.05) is 6.92 Å². The zero-order chi connectivity index (χ0) is 22.7. The number of hydrogen-bond donors (Lipinski definition) is 0. The van der Waals surface area contributed by atoms with Crippen molar-refractivity contribution in [3.63, 3.8) is 0 Å². The summed E-state index contributed by atoms with van der Waals surface area (Å²) in [7, 11) is 0. The molecule has 0 bridgehead atoms. The van der Waals surface area contributed by atoms with E-state index in [9.17, 15) is 22.4 Å². The lowest BCUT2D eigenvalue weighted by Gasteiger charge is -2.34. The van der Waals surface area contributed by atoms with Crippen LogP contribution in [0.25, 0.3) is 10.9 Å². The second kappa shape index (κ2) is 7.70. The summed E-state index contributed by atoms with van der Waals surface area (Å²) in [6, 6.07) is 6.67. The molecule has 2 saturated carbocycles. The molecule has 1 amide bonds. The number of piperidine rings is 1. The van der Waals surface area contributed by atoms with Crippen molar-refractivity contribution in [3.05, 3.63) is 41.8 Å². The van der Waals surface area contributed by atoms with Gasteiger partial charge in [-0.3, -0.25) is 9.78 Å². The molecule has 1 saturated heterocycles. The Morgan fingerprint density at radius 2 is 1.78 bits per heavy atom. The van der Waals surface area contributed by atoms with Crippen LogP contribution >= 0.6 is 0 Å². The molecule has 3 nitrogen and oxygen atoms in total. The highest BCUT2D eigenvalue weighted by Crippen LogP contribution is 2.68. The quantitative estimate of drug-likeness (QED) is 0.522. The van der Waals surface area contributed by atoms with Crippen molar-refractivity contribution < 1.29 is 22.4 Å². The van der Waals surface area contributed by atoms with E-state index in [4.69, 9.17) is 0 Å². The number of amides is 1. The molecule has 1 aromatic carbocycles. The van der Waals surface area contributed by atoms with Crippen LogP contribution in [0.2, 0.25) is 0 Å². The van der Waals surface area contributed by atoms with Crippen LogP contribution in [-0.4, -0.2) is 35.1 Å². The van der Waals surface area contributed by atoms with Crippen LogP contribution in [0.1, 0.15) is 56.9 Å². The van der Waals surface area contributed by atoms with Crippen LogP contribution in [0, 0.1) is 29.0 Å². The maximum Gasteiger partial charge on any atom is 0.391 e. The summed E-state index contributed by atoms with van der Waals surface area (Å²) >= 11 is 0. The summed E-state index contributed by atoms with van der Waals surface area (Å²) in [5, 5.41) is 0.859. The Labute approximate surface area is 185 Å². The highest BCUT2D eigenvalue weighted by Gasteiger charge is 2.66. The minimum atomic E-state index is -4.17. The van der Waals surface area contributed by atoms with Crippen molar-refractivity contribution in [2.24, 2.45) is 23.2 Å². The van der Waals surface area contributed by atoms with Crippen LogP contribution in [0.15, 0.2) is 30.5 Å². The van der Waals surface area contributed by atoms with Crippen molar-refractivity contribution in [1.82, 2.24) is 9.88 Å². The Morgan fingerprint density at radius 3 is 2.44 bits per heavy atom. The summed E-state index contributed by atoms with van der Waals surface area (Å²) in [4.78, 5) is 19.2. The van der Waals surface area contributed by atoms with Gasteiger partial charge in [0.15, 0.2) is 0 Å². The molecule has 3 aliphatic rings. The van der Waals surface area contributed by atoms with Gasteiger partial charge in [-0.15, -0.1) is 0 Å². The molecule has 0 radical (unpaired) electrons. The number of nitrogens with zero attached hydrogens (tertiary/aromatic N) is 2. The highest BCUT2D eigenvalue weighted by atomic mass is 19.4. The van der Waals surface area contributed by atoms with Gasteiger partial charge in [0.2, 0.25) is 5.91 Å². The van der Waals surface area contributed by atoms with Crippen LogP contribution in [0.4, 0.5) is 17.6 Å². The molecule has 172 valence electrons. The van der Waals surface area contributed by atoms with E-state index in [0.717, 1.165) is 42.1 Å². The Morgan fingerprint density at radius 1 is 1.09 bits per heavy atom. The van der Waals surface area contributed by atoms with E-state index in [1.807, 2.05) is 6.07 Å². The van der Waals surface area contributed by atoms with Gasteiger partial charge < -0.3 is 4.90 Å². The van der Waals surface area contributed by atoms with E-state index in [1.54, 1.807) is 23.2 Å². The number of benzene rings is 1. The van der Waals surface area contributed by atoms with E-state index < -0.39 is 12.1 Å². The first-order valence-electron chi connectivity index (χ1n) is 11.6. The van der Waals surface area contributed by atoms with Crippen LogP contribution < -0.4 is 0 Å². The van der Waals surface area contributed by atoms with Gasteiger partial charge in [0.25, 0.3) is 0 Å². The van der Waals surface area contributed by atoms with Crippen molar-refractivity contribution in [3.8, 4) is 0 Å². The van der Waals surface area contributed by atoms with Gasteiger partial charge in [-0.05, 0) is 85.6 Å². The second-order valence-electron chi connectivity index (χ2n) is 9.98. The number of halogens is 4. The number of aromatic nitrogens is 1. The average molecular weight is 449 g/mol. The molecule has 3 fully saturated rings. The molecule has 2 atom stereocenters. The predicted molar refractivity (Wildman–Crippen MR) is 113 cm³/mol. The molecule has 0 N–H and O–H groups in total. The molecule has 1 spiro atoms. The fourth-order valence-electron chi connectivity index (χ4n) is 6.51. The summed E-state index contributed by atoms with van der Waals surface area (Å²) in [5.41, 5.74) is 1.89. The summed E-state index contributed by atoms with van der Waals surface area (Å²) < 4.78 is 52.7. The first kappa shape index (κ1) is 21.7. The van der Waals surface area contributed by atoms with Gasteiger partial charge in [0, 0.05) is 30.6 Å². The summed E-state index contributed by atoms with van der Waals surface area (Å²) in [6.45, 7) is 2.53. The third kappa shape index (κ3) is 3.57. The monoisotopic (exact) mass is 448 g/mol. The largest absolute Gasteiger partial charge is 0.391 e. The van der Waals surface area contributed by atoms with Gasteiger partial charge in [-0.2, -0.15) is 13.2 Å². The number of pyridine rings is 1. The van der Waals surface area contributed by atoms with E-state index in [2.05, 4.69) is 11.9 Å². The number of hydrogen-bond acceptors (Lipinski definition) is 2. The topological polar surface area (TPSA) is 33.2 Å². The molecule has 7 heteroatoms. The molecule has 2 aliphatic carbocycles. The summed E-state index contributed by atoms with van der Waals surface area (Å²) in [6.07, 6.45) is 1.34. The third-order valence-corrected chi connectivity index (χ3v) is 8.55. The number of fused-ring (bicyclic) bond motifs is 1. The Hall–Kier alpha value is -2.18. The minimum absolute atomic E-state index is 0.0110. The number of carbonyl (C=O) groups is 1. The minimum Gasteiger partial charge on any atom is -0.342 e. The van der Waals surface area contributed by atoms with Crippen LogP contribution in [-0.2, 0) is 4.79 Å². The van der Waals surface area contributed by atoms with Crippen molar-refractivity contribution in [2.75, 3.05) is 13.1 Å². The molecule has 2 heterocycles. The van der Waals surface area contributed by atoms with Gasteiger partial charge in [0.1, 0.15) is 5.82 Å². The fraction of sp³-hybridized carbons (Fsp3) is 0.600. The zero-order valence-corrected chi connectivity index (χ0v) is 18.2. The SMILES string of the molecule is CC1[C@H](C(=O)N2CCC(C(F)(F)F)CC2)[C@]12CC[C@@H](c1ccnc3ccc(F)cc31)CC2. The Balaban J connectivity index is 1.25. The fourth-order valence-corrected chi connectivity index (χ4v) is 6.51. The maximum absolute atomic E-state index is 13.8. The van der Waals surface area contributed by atoms with Crippen LogP contribution in [0.3, 0.4) is 0 Å². The highest BCUT2D eigenvalue weighted by molar-refractivity contribution is 5.84. The van der Waals surface area contributed by atoms with E-state index in [0.29, 0.717) is 5.92 Å². The molecule has 2 aromatic rings. The standard InChI is InChI=1S/C25H28F4N2O/c1-15-22(23(32)31-12-7-17(8-13-31)25(27,28)29)24(15)9-4-16(5-10-24)19-6-11-30-21-3-2-18(26)14-20(19)21/h2-3,6,11,14-17,22H,4-5,7-10,12-13H2,1H3/t15?,16-,22-,24+/m1/s1. The summed E-state index contributed by atoms with van der Waals surface area (Å²) in [5.74, 6) is -1.00. The van der Waals surface area contributed by atoms with Gasteiger partial charge >= 0.3 is 6.18 Å². The molecule has 5 rings (SSSR count). The zero-order valence-electron chi connectivity index (χ0n) is 18.2. The lowest BCUT2D eigenvalue weighted by Crippen LogP contribution is -2.43. The molecular weight excluding hydrogens is 420 g/mol. The van der Waals surface area contributed by atoms with E-state index >= 15 is 0 Å². The molecule has 32 heavy (non-hydrogen) atoms. The van der Waals surface area contributed by atoms with Crippen molar-refractivity contribution in [1.29, 1.82) is 0 Å². The van der Waals surface area contributed by atoms with E-state index in [-0.39, 0.29) is 54.9 Å². The second-order valence-corrected chi connectivity index (χ2v) is 9.98. The lowest BCUT2D eigenvalue weighted by molar-refractivity contribution is -0.186. The predicted octanol–water partition coefficient (Wildman–Crippen LogP) is 6.08. The van der Waals surface area contributed by atoms with Crippen LogP contribution in [0.5, 0.6) is 0 Å². The van der Waals surface area contributed by atoms with Gasteiger partial charge in [0.05, 0.1) is 11.4 Å². The van der Waals surface area contributed by atoms with Crippen molar-refractivity contribution >= 4 is 16.8 Å². The smallest absolute Gasteiger partial charge is 0.342 e. The average Bonchev–Trinajstić information content (AvgIpc) is 3.34. The number of likely N-dealkylation sites (tertiary alicyclic amines) is 1. The maximum atomic E-state index is 13.8. The third-order valence-electron chi connectivity index (χ3n) is 8.55. The van der Waals surface area contributed by atoms with E-state index in [1.165, 1.54) is 6.07 Å². The Kier molecular flexibility index (Phi) is 5.21. The van der Waals surface area contributed by atoms with Crippen molar-refractivity contribution in [2.45, 2.75) is 57.5 Å². The number of rotatable bonds is 2. The van der Waals surface area contributed by atoms with Gasteiger partial charge in [-0.25, -0.2) is 4.39 Å². The normalized spacial score (nSPS) is 31.3. The molecular formula is C25H28F4N2O. The molecule has 1 aliphatic heterocycles.